The van der Waals surface area contributed by atoms with Crippen LogP contribution in [0.4, 0.5) is 0 Å². The highest BCUT2D eigenvalue weighted by Gasteiger charge is 2.22. The van der Waals surface area contributed by atoms with E-state index in [0.717, 1.165) is 19.4 Å². The minimum Gasteiger partial charge on any atom is -0.308 e. The van der Waals surface area contributed by atoms with Crippen LogP contribution in [0.1, 0.15) is 79.6 Å². The zero-order chi connectivity index (χ0) is 17.7. The van der Waals surface area contributed by atoms with Crippen molar-refractivity contribution in [3.05, 3.63) is 0 Å². The van der Waals surface area contributed by atoms with Gasteiger partial charge < -0.3 is 10.6 Å². The van der Waals surface area contributed by atoms with E-state index in [4.69, 9.17) is 0 Å². The fraction of sp³-hybridized carbons (Fsp3) is 0.895. The van der Waals surface area contributed by atoms with Gasteiger partial charge in [0.1, 0.15) is 5.78 Å². The fourth-order valence-corrected chi connectivity index (χ4v) is 2.74. The number of unbranched alkanes of at least 4 members (excludes halogenated alkanes) is 5. The molecule has 0 aromatic rings. The summed E-state index contributed by atoms with van der Waals surface area (Å²) in [4.78, 5) is 24.4. The number of hydrogen-bond donors (Lipinski definition) is 2. The molecule has 0 bridgehead atoms. The van der Waals surface area contributed by atoms with Gasteiger partial charge in [-0.3, -0.25) is 9.59 Å². The maximum atomic E-state index is 12.4. The molecule has 0 saturated carbocycles. The van der Waals surface area contributed by atoms with Gasteiger partial charge in [-0.1, -0.05) is 59.8 Å². The number of ketones is 2. The number of rotatable bonds is 15. The van der Waals surface area contributed by atoms with Crippen LogP contribution in [0.2, 0.25) is 0 Å². The molecule has 0 aliphatic carbocycles. The summed E-state index contributed by atoms with van der Waals surface area (Å²) in [7, 11) is 0. The zero-order valence-corrected chi connectivity index (χ0v) is 15.9. The summed E-state index contributed by atoms with van der Waals surface area (Å²) in [5.74, 6) is 0.578. The number of nitrogens with one attached hydrogen (secondary N) is 2. The lowest BCUT2D eigenvalue weighted by Crippen LogP contribution is -2.47. The molecule has 0 fully saturated rings. The Morgan fingerprint density at radius 2 is 1.43 bits per heavy atom. The average molecular weight is 327 g/mol. The molecule has 2 atom stereocenters. The van der Waals surface area contributed by atoms with Gasteiger partial charge in [0.15, 0.2) is 5.78 Å². The van der Waals surface area contributed by atoms with Gasteiger partial charge in [-0.05, 0) is 25.8 Å². The Morgan fingerprint density at radius 1 is 0.826 bits per heavy atom. The minimum atomic E-state index is -0.205. The molecule has 23 heavy (non-hydrogen) atoms. The van der Waals surface area contributed by atoms with E-state index in [1.807, 2.05) is 27.7 Å². The van der Waals surface area contributed by atoms with Crippen molar-refractivity contribution < 1.29 is 9.59 Å². The Balaban J connectivity index is 4.13. The Labute approximate surface area is 143 Å². The van der Waals surface area contributed by atoms with Crippen molar-refractivity contribution in [2.75, 3.05) is 13.1 Å². The van der Waals surface area contributed by atoms with Crippen molar-refractivity contribution in [2.24, 2.45) is 5.92 Å². The van der Waals surface area contributed by atoms with Crippen molar-refractivity contribution in [3.63, 3.8) is 0 Å². The summed E-state index contributed by atoms with van der Waals surface area (Å²) < 4.78 is 0. The van der Waals surface area contributed by atoms with Crippen molar-refractivity contribution in [3.8, 4) is 0 Å². The standard InChI is InChI=1S/C19H38N2O2/c1-6-8-9-10-11-12-13-17(22)19(15(3)4)21-14-18(23)16(5)20-7-2/h15-16,19-21H,6-14H2,1-5H3/t16-,19-/m0/s1. The Morgan fingerprint density at radius 3 is 2.00 bits per heavy atom. The summed E-state index contributed by atoms with van der Waals surface area (Å²) in [6.45, 7) is 11.2. The molecule has 0 aromatic carbocycles. The highest BCUT2D eigenvalue weighted by atomic mass is 16.1. The van der Waals surface area contributed by atoms with Gasteiger partial charge in [0, 0.05) is 6.42 Å². The summed E-state index contributed by atoms with van der Waals surface area (Å²) in [5, 5.41) is 6.29. The minimum absolute atomic E-state index is 0.116. The number of carbonyl (C=O) groups excluding carboxylic acids is 2. The van der Waals surface area contributed by atoms with E-state index in [1.54, 1.807) is 0 Å². The number of hydrogen-bond acceptors (Lipinski definition) is 4. The third kappa shape index (κ3) is 10.6. The molecule has 4 heteroatoms. The quantitative estimate of drug-likeness (QED) is 0.452. The largest absolute Gasteiger partial charge is 0.308 e. The summed E-state index contributed by atoms with van der Waals surface area (Å²) in [6.07, 6.45) is 7.75. The van der Waals surface area contributed by atoms with Crippen LogP contribution < -0.4 is 10.6 Å². The first-order valence-electron chi connectivity index (χ1n) is 9.46. The van der Waals surface area contributed by atoms with Gasteiger partial charge in [-0.25, -0.2) is 0 Å². The van der Waals surface area contributed by atoms with Gasteiger partial charge in [0.25, 0.3) is 0 Å². The van der Waals surface area contributed by atoms with Gasteiger partial charge in [-0.15, -0.1) is 0 Å². The highest BCUT2D eigenvalue weighted by molar-refractivity contribution is 5.88. The summed E-state index contributed by atoms with van der Waals surface area (Å²) in [5.41, 5.74) is 0. The third-order valence-electron chi connectivity index (χ3n) is 4.28. The molecule has 0 amide bonds. The van der Waals surface area contributed by atoms with Gasteiger partial charge in [0.05, 0.1) is 18.6 Å². The maximum absolute atomic E-state index is 12.4. The van der Waals surface area contributed by atoms with Gasteiger partial charge in [0.2, 0.25) is 0 Å². The van der Waals surface area contributed by atoms with Crippen molar-refractivity contribution in [1.29, 1.82) is 0 Å². The normalized spacial score (nSPS) is 14.0. The van der Waals surface area contributed by atoms with Crippen LogP contribution in [-0.4, -0.2) is 36.7 Å². The monoisotopic (exact) mass is 326 g/mol. The van der Waals surface area contributed by atoms with E-state index >= 15 is 0 Å². The molecular weight excluding hydrogens is 288 g/mol. The van der Waals surface area contributed by atoms with Crippen LogP contribution >= 0.6 is 0 Å². The van der Waals surface area contributed by atoms with E-state index in [9.17, 15) is 9.59 Å². The molecule has 0 rings (SSSR count). The number of Topliss-reactive ketones (excluding diaryl/α,β-unsaturated/α-hetero) is 2. The van der Waals surface area contributed by atoms with Crippen molar-refractivity contribution in [2.45, 2.75) is 91.6 Å². The summed E-state index contributed by atoms with van der Waals surface area (Å²) in [6, 6.07) is -0.364. The van der Waals surface area contributed by atoms with E-state index in [-0.39, 0.29) is 36.1 Å². The Kier molecular flexibility index (Phi) is 13.2. The molecule has 0 unspecified atom stereocenters. The van der Waals surface area contributed by atoms with Gasteiger partial charge in [-0.2, -0.15) is 0 Å². The average Bonchev–Trinajstić information content (AvgIpc) is 2.50. The van der Waals surface area contributed by atoms with E-state index in [1.165, 1.54) is 25.7 Å². The lowest BCUT2D eigenvalue weighted by atomic mass is 9.95. The van der Waals surface area contributed by atoms with Crippen LogP contribution in [0.15, 0.2) is 0 Å². The SMILES string of the molecule is CCCCCCCCC(=O)[C@@H](NCC(=O)[C@H](C)NCC)C(C)C. The van der Waals surface area contributed by atoms with Crippen LogP contribution in [-0.2, 0) is 9.59 Å². The molecule has 0 radical (unpaired) electrons. The van der Waals surface area contributed by atoms with Crippen molar-refractivity contribution in [1.82, 2.24) is 10.6 Å². The van der Waals surface area contributed by atoms with Crippen LogP contribution in [0.3, 0.4) is 0 Å². The molecule has 0 saturated heterocycles. The molecule has 0 aliphatic heterocycles. The van der Waals surface area contributed by atoms with Crippen molar-refractivity contribution >= 4 is 11.6 Å². The topological polar surface area (TPSA) is 58.2 Å². The Bertz CT molecular complexity index is 329. The molecule has 0 heterocycles. The van der Waals surface area contributed by atoms with Crippen LogP contribution in [0.25, 0.3) is 0 Å². The second-order valence-electron chi connectivity index (χ2n) is 6.83. The smallest absolute Gasteiger partial charge is 0.163 e. The lowest BCUT2D eigenvalue weighted by Gasteiger charge is -2.22. The number of likely N-dealkylation sites (N-methyl/N-ethyl adjacent to an activating group) is 1. The van der Waals surface area contributed by atoms with E-state index in [2.05, 4.69) is 17.6 Å². The summed E-state index contributed by atoms with van der Waals surface area (Å²) >= 11 is 0. The second-order valence-corrected chi connectivity index (χ2v) is 6.83. The maximum Gasteiger partial charge on any atom is 0.163 e. The second kappa shape index (κ2) is 13.7. The molecular formula is C19H38N2O2. The van der Waals surface area contributed by atoms with Gasteiger partial charge >= 0.3 is 0 Å². The lowest BCUT2D eigenvalue weighted by molar-refractivity contribution is -0.123. The molecule has 0 aliphatic rings. The first-order chi connectivity index (χ1) is 10.9. The first kappa shape index (κ1) is 22.3. The van der Waals surface area contributed by atoms with Crippen LogP contribution in [0.5, 0.6) is 0 Å². The third-order valence-corrected chi connectivity index (χ3v) is 4.28. The molecule has 136 valence electrons. The molecule has 0 spiro atoms. The highest BCUT2D eigenvalue weighted by Crippen LogP contribution is 2.11. The predicted molar refractivity (Wildman–Crippen MR) is 97.8 cm³/mol. The van der Waals surface area contributed by atoms with Crippen LogP contribution in [0, 0.1) is 5.92 Å². The predicted octanol–water partition coefficient (Wildman–Crippen LogP) is 3.49. The van der Waals surface area contributed by atoms with E-state index < -0.39 is 0 Å². The fourth-order valence-electron chi connectivity index (χ4n) is 2.74. The molecule has 4 nitrogen and oxygen atoms in total. The zero-order valence-electron chi connectivity index (χ0n) is 15.9. The number of carbonyl (C=O) groups is 2. The first-order valence-corrected chi connectivity index (χ1v) is 9.46. The van der Waals surface area contributed by atoms with E-state index in [0.29, 0.717) is 6.42 Å². The Hall–Kier alpha value is -0.740. The molecule has 0 aromatic heterocycles. The molecule has 2 N–H and O–H groups in total.